The molecule has 0 saturated carbocycles. The molecule has 3 unspecified atom stereocenters. The summed E-state index contributed by atoms with van der Waals surface area (Å²) in [6.45, 7) is 10.1. The van der Waals surface area contributed by atoms with E-state index in [2.05, 4.69) is 103 Å². The van der Waals surface area contributed by atoms with Crippen molar-refractivity contribution in [1.29, 1.82) is 0 Å². The van der Waals surface area contributed by atoms with Gasteiger partial charge in [-0.2, -0.15) is 10.2 Å². The summed E-state index contributed by atoms with van der Waals surface area (Å²) >= 11 is 1.33. The van der Waals surface area contributed by atoms with Crippen molar-refractivity contribution in [3.63, 3.8) is 0 Å². The van der Waals surface area contributed by atoms with E-state index in [0.717, 1.165) is 37.4 Å². The van der Waals surface area contributed by atoms with Gasteiger partial charge in [0.15, 0.2) is 11.6 Å². The molecule has 0 aliphatic heterocycles. The number of aromatic nitrogens is 12. The zero-order chi connectivity index (χ0) is 37.1. The molecule has 0 fully saturated rings. The van der Waals surface area contributed by atoms with Crippen LogP contribution < -0.4 is 10.3 Å². The van der Waals surface area contributed by atoms with Gasteiger partial charge in [-0.25, -0.2) is 38.4 Å². The Morgan fingerprint density at radius 1 is 0.731 bits per heavy atom. The van der Waals surface area contributed by atoms with Gasteiger partial charge < -0.3 is 14.9 Å². The first-order valence-corrected chi connectivity index (χ1v) is 20.3. The summed E-state index contributed by atoms with van der Waals surface area (Å²) in [7, 11) is 4.67. The molecule has 0 spiro atoms. The van der Waals surface area contributed by atoms with Crippen molar-refractivity contribution < 1.29 is 22.2 Å². The predicted octanol–water partition coefficient (Wildman–Crippen LogP) is 6.20. The van der Waals surface area contributed by atoms with Gasteiger partial charge in [-0.05, 0) is 81.1 Å². The van der Waals surface area contributed by atoms with Crippen LogP contribution in [0.15, 0.2) is 130 Å². The van der Waals surface area contributed by atoms with E-state index in [1.807, 2.05) is 87.7 Å². The Hall–Kier alpha value is -4.76. The number of nitrogens with zero attached hydrogens (tertiary/aromatic N) is 12. The van der Waals surface area contributed by atoms with Crippen LogP contribution in [0.25, 0.3) is 11.6 Å². The fourth-order valence-electron chi connectivity index (χ4n) is 5.69. The fourth-order valence-corrected chi connectivity index (χ4v) is 5.69. The first kappa shape index (κ1) is 40.0. The van der Waals surface area contributed by atoms with Crippen molar-refractivity contribution in [1.82, 2.24) is 53.2 Å². The third kappa shape index (κ3) is 12.2. The van der Waals surface area contributed by atoms with Crippen LogP contribution in [0, 0.1) is 13.8 Å². The molecule has 3 atom stereocenters. The molecule has 0 aliphatic carbocycles. The third-order valence-electron chi connectivity index (χ3n) is 8.41. The molecule has 7 heterocycles. The van der Waals surface area contributed by atoms with Crippen LogP contribution in [-0.4, -0.2) is 59.7 Å². The molecular formula is C37H48ClN13Os+. The number of imidazole rings is 3. The average molecular weight is 901 g/mol. The van der Waals surface area contributed by atoms with Gasteiger partial charge in [0.2, 0.25) is 6.33 Å². The van der Waals surface area contributed by atoms with Gasteiger partial charge in [-0.3, -0.25) is 0 Å². The van der Waals surface area contributed by atoms with Gasteiger partial charge in [-0.1, -0.05) is 6.92 Å². The van der Waals surface area contributed by atoms with Crippen molar-refractivity contribution >= 4 is 9.64 Å². The Morgan fingerprint density at radius 3 is 1.73 bits per heavy atom. The molecular weight excluding hydrogens is 852 g/mol. The van der Waals surface area contributed by atoms with Crippen LogP contribution in [0.1, 0.15) is 62.4 Å². The van der Waals surface area contributed by atoms with Crippen LogP contribution >= 0.6 is 9.64 Å². The quantitative estimate of drug-likeness (QED) is 0.145. The van der Waals surface area contributed by atoms with E-state index >= 15 is 0 Å². The van der Waals surface area contributed by atoms with Gasteiger partial charge in [0.1, 0.15) is 18.9 Å². The molecule has 7 rings (SSSR count). The summed E-state index contributed by atoms with van der Waals surface area (Å²) < 4.78 is 12.4. The molecule has 7 aromatic rings. The number of pyridine rings is 2. The Kier molecular flexibility index (Phi) is 16.6. The van der Waals surface area contributed by atoms with Gasteiger partial charge in [0.25, 0.3) is 0 Å². The van der Waals surface area contributed by atoms with Gasteiger partial charge in [-0.15, -0.1) is 0 Å². The summed E-state index contributed by atoms with van der Waals surface area (Å²) in [5.41, 5.74) is 8.04. The van der Waals surface area contributed by atoms with Crippen LogP contribution in [0.4, 0.5) is 0 Å². The second kappa shape index (κ2) is 21.6. The topological polar surface area (TPSA) is 132 Å². The van der Waals surface area contributed by atoms with Gasteiger partial charge in [0, 0.05) is 87.0 Å². The molecule has 0 radical (unpaired) electrons. The van der Waals surface area contributed by atoms with Gasteiger partial charge in [0.05, 0.1) is 18.7 Å². The van der Waals surface area contributed by atoms with E-state index in [0.29, 0.717) is 24.7 Å². The molecule has 0 amide bonds. The number of halogens is 1. The Bertz CT molecular complexity index is 1850. The molecule has 52 heavy (non-hydrogen) atoms. The van der Waals surface area contributed by atoms with E-state index in [4.69, 9.17) is 5.73 Å². The Morgan fingerprint density at radius 2 is 1.29 bits per heavy atom. The molecule has 7 aromatic heterocycles. The second-order valence-corrected chi connectivity index (χ2v) is 12.2. The number of hydrogen-bond acceptors (Lipinski definition) is 7. The second-order valence-electron chi connectivity index (χ2n) is 12.2. The monoisotopic (exact) mass is 901 g/mol. The van der Waals surface area contributed by atoms with Crippen molar-refractivity contribution in [2.75, 3.05) is 6.54 Å². The van der Waals surface area contributed by atoms with Crippen LogP contribution in [0.3, 0.4) is 0 Å². The molecule has 2 N–H and O–H groups in total. The molecule has 0 aliphatic rings. The first-order chi connectivity index (χ1) is 25.4. The average Bonchev–Trinajstić information content (AvgIpc) is 4.02. The summed E-state index contributed by atoms with van der Waals surface area (Å²) in [5, 5.41) is 8.16. The first-order valence-electron chi connectivity index (χ1n) is 17.1. The van der Waals surface area contributed by atoms with Crippen LogP contribution in [0.2, 0.25) is 0 Å². The van der Waals surface area contributed by atoms with Crippen molar-refractivity contribution in [2.24, 2.45) is 5.73 Å². The molecule has 275 valence electrons. The molecule has 15 heteroatoms. The number of rotatable bonds is 12. The zero-order valence-electron chi connectivity index (χ0n) is 30.1. The normalized spacial score (nSPS) is 12.3. The maximum atomic E-state index is 5.66. The Balaban J connectivity index is 0.000000192. The van der Waals surface area contributed by atoms with Crippen LogP contribution in [-0.2, 0) is 24.1 Å². The van der Waals surface area contributed by atoms with Crippen molar-refractivity contribution in [3.8, 4) is 11.6 Å². The fraction of sp³-hybridized carbons (Fsp3) is 0.324. The minimum atomic E-state index is 0.380. The summed E-state index contributed by atoms with van der Waals surface area (Å²) in [6.07, 6.45) is 32.1. The van der Waals surface area contributed by atoms with E-state index in [1.165, 1.54) is 28.7 Å². The van der Waals surface area contributed by atoms with E-state index in [-0.39, 0.29) is 0 Å². The SMILES string of the molecule is CCC(CC(CC(C)n1cc[n+](CCN)c1)n1ccnc1)n1ccnc1.Cc1ccnc(-n2cccn2)c1.Cc1ccnc(-n2cccn2)c1.[Cl][Os]. The summed E-state index contributed by atoms with van der Waals surface area (Å²) in [6, 6.07) is 12.9. The Labute approximate surface area is 320 Å². The number of hydrogen-bond donors (Lipinski definition) is 1. The van der Waals surface area contributed by atoms with Crippen molar-refractivity contribution in [2.45, 2.75) is 71.6 Å². The maximum absolute atomic E-state index is 5.66. The molecule has 0 aromatic carbocycles. The van der Waals surface area contributed by atoms with Crippen LogP contribution in [0.5, 0.6) is 0 Å². The number of nitrogens with two attached hydrogens (primary N) is 1. The third-order valence-corrected chi connectivity index (χ3v) is 8.41. The minimum absolute atomic E-state index is 0.380. The zero-order valence-corrected chi connectivity index (χ0v) is 33.4. The molecule has 0 saturated heterocycles. The summed E-state index contributed by atoms with van der Waals surface area (Å²) in [5.74, 6) is 1.72. The molecule has 13 nitrogen and oxygen atoms in total. The predicted molar refractivity (Wildman–Crippen MR) is 198 cm³/mol. The summed E-state index contributed by atoms with van der Waals surface area (Å²) in [4.78, 5) is 16.8. The van der Waals surface area contributed by atoms with E-state index < -0.39 is 0 Å². The van der Waals surface area contributed by atoms with E-state index in [1.54, 1.807) is 34.2 Å². The van der Waals surface area contributed by atoms with E-state index in [9.17, 15) is 0 Å². The standard InChI is InChI=1S/C19H30N7.2C9H9N3.ClH.Os/c1-3-18(24-8-5-21-14-24)13-19(25-9-6-22-15-25)12-17(2)26-11-10-23(16-26)7-4-20;2*1-8-3-5-10-9(7-8)12-6-2-4-11-12;;/h5-6,8-11,14-19H,3-4,7,12-13,20H2,1-2H3;2*2-7H,1H3;1H;/q+1;;;;+1/p-1. The molecule has 0 bridgehead atoms. The van der Waals surface area contributed by atoms with Crippen molar-refractivity contribution in [3.05, 3.63) is 141 Å². The van der Waals surface area contributed by atoms with Gasteiger partial charge >= 0.3 is 27.2 Å². The number of aryl methyl sites for hydroxylation is 2.